The van der Waals surface area contributed by atoms with Crippen molar-refractivity contribution in [1.82, 2.24) is 0 Å². The minimum Gasteiger partial charge on any atom is -0.478 e. The number of nitrogens with one attached hydrogen (secondary N) is 2. The van der Waals surface area contributed by atoms with Crippen molar-refractivity contribution < 1.29 is 19.8 Å². The van der Waals surface area contributed by atoms with Crippen LogP contribution in [0.4, 0.5) is 22.7 Å². The monoisotopic (exact) mass is 448 g/mol. The molecule has 5 aromatic carbocycles. The Kier molecular flexibility index (Phi) is 5.32. The van der Waals surface area contributed by atoms with Gasteiger partial charge in [0, 0.05) is 22.1 Å². The second kappa shape index (κ2) is 8.60. The van der Waals surface area contributed by atoms with Crippen LogP contribution in [0.1, 0.15) is 20.7 Å². The molecule has 0 aliphatic rings. The van der Waals surface area contributed by atoms with Gasteiger partial charge in [-0.3, -0.25) is 0 Å². The normalized spacial score (nSPS) is 10.8. The van der Waals surface area contributed by atoms with Gasteiger partial charge in [-0.1, -0.05) is 72.8 Å². The zero-order valence-corrected chi connectivity index (χ0v) is 17.9. The summed E-state index contributed by atoms with van der Waals surface area (Å²) < 4.78 is 0. The molecule has 5 rings (SSSR count). The van der Waals surface area contributed by atoms with Crippen LogP contribution in [0.15, 0.2) is 97.1 Å². The summed E-state index contributed by atoms with van der Waals surface area (Å²) in [4.78, 5) is 24.3. The number of benzene rings is 5. The Bertz CT molecular complexity index is 1450. The quantitative estimate of drug-likeness (QED) is 0.226. The molecule has 0 aliphatic heterocycles. The number of carbonyl (C=O) groups is 2. The molecular weight excluding hydrogens is 428 g/mol. The van der Waals surface area contributed by atoms with Gasteiger partial charge < -0.3 is 20.8 Å². The van der Waals surface area contributed by atoms with Crippen LogP contribution in [-0.4, -0.2) is 22.2 Å². The Labute approximate surface area is 195 Å². The van der Waals surface area contributed by atoms with Gasteiger partial charge in [0.2, 0.25) is 0 Å². The molecule has 0 amide bonds. The second-order valence-corrected chi connectivity index (χ2v) is 7.86. The molecule has 6 nitrogen and oxygen atoms in total. The number of hydrogen-bond acceptors (Lipinski definition) is 4. The van der Waals surface area contributed by atoms with Crippen LogP contribution in [0.2, 0.25) is 0 Å². The maximum atomic E-state index is 12.2. The lowest BCUT2D eigenvalue weighted by Crippen LogP contribution is -2.09. The summed E-state index contributed by atoms with van der Waals surface area (Å²) >= 11 is 0. The molecule has 0 unspecified atom stereocenters. The Morgan fingerprint density at radius 2 is 0.882 bits per heavy atom. The van der Waals surface area contributed by atoms with Crippen LogP contribution in [0.3, 0.4) is 0 Å². The lowest BCUT2D eigenvalue weighted by Gasteiger charge is -2.17. The highest BCUT2D eigenvalue weighted by Crippen LogP contribution is 2.34. The summed E-state index contributed by atoms with van der Waals surface area (Å²) in [6.45, 7) is 0. The molecule has 0 saturated carbocycles. The zero-order valence-electron chi connectivity index (χ0n) is 17.9. The molecule has 0 fully saturated rings. The van der Waals surface area contributed by atoms with Gasteiger partial charge in [-0.25, -0.2) is 9.59 Å². The van der Waals surface area contributed by atoms with E-state index in [0.717, 1.165) is 21.5 Å². The first-order valence-electron chi connectivity index (χ1n) is 10.7. The van der Waals surface area contributed by atoms with Crippen molar-refractivity contribution in [3.63, 3.8) is 0 Å². The Morgan fingerprint density at radius 3 is 1.29 bits per heavy atom. The van der Waals surface area contributed by atoms with Crippen molar-refractivity contribution in [1.29, 1.82) is 0 Å². The summed E-state index contributed by atoms with van der Waals surface area (Å²) in [6.07, 6.45) is 0. The van der Waals surface area contributed by atoms with Crippen LogP contribution in [0, 0.1) is 0 Å². The summed E-state index contributed by atoms with van der Waals surface area (Å²) in [5.74, 6) is -2.33. The third-order valence-corrected chi connectivity index (χ3v) is 5.74. The third kappa shape index (κ3) is 3.89. The second-order valence-electron chi connectivity index (χ2n) is 7.86. The van der Waals surface area contributed by atoms with E-state index in [1.807, 2.05) is 84.9 Å². The minimum atomic E-state index is -1.17. The van der Waals surface area contributed by atoms with E-state index in [-0.39, 0.29) is 22.5 Å². The number of fused-ring (bicyclic) bond motifs is 2. The number of carboxylic acid groups (broad SMARTS) is 2. The summed E-state index contributed by atoms with van der Waals surface area (Å²) in [5.41, 5.74) is 1.69. The molecule has 0 heterocycles. The van der Waals surface area contributed by atoms with Gasteiger partial charge >= 0.3 is 11.9 Å². The summed E-state index contributed by atoms with van der Waals surface area (Å²) in [5, 5.41) is 29.9. The van der Waals surface area contributed by atoms with Crippen LogP contribution in [0.25, 0.3) is 21.5 Å². The van der Waals surface area contributed by atoms with Crippen molar-refractivity contribution in [3.05, 3.63) is 108 Å². The highest BCUT2D eigenvalue weighted by atomic mass is 16.4. The molecule has 4 N–H and O–H groups in total. The van der Waals surface area contributed by atoms with Gasteiger partial charge in [-0.2, -0.15) is 0 Å². The Balaban J connectivity index is 1.62. The molecule has 34 heavy (non-hydrogen) atoms. The molecular formula is C28H20N2O4. The lowest BCUT2D eigenvalue weighted by molar-refractivity contribution is 0.0683. The van der Waals surface area contributed by atoms with E-state index in [4.69, 9.17) is 0 Å². The van der Waals surface area contributed by atoms with E-state index in [1.54, 1.807) is 0 Å². The van der Waals surface area contributed by atoms with Crippen molar-refractivity contribution >= 4 is 56.2 Å². The maximum absolute atomic E-state index is 12.2. The fourth-order valence-electron chi connectivity index (χ4n) is 4.12. The molecule has 0 radical (unpaired) electrons. The fourth-order valence-corrected chi connectivity index (χ4v) is 4.12. The molecule has 0 aromatic heterocycles. The molecule has 166 valence electrons. The van der Waals surface area contributed by atoms with Crippen molar-refractivity contribution in [2.24, 2.45) is 0 Å². The van der Waals surface area contributed by atoms with Crippen LogP contribution < -0.4 is 10.6 Å². The largest absolute Gasteiger partial charge is 0.478 e. The van der Waals surface area contributed by atoms with Gasteiger partial charge in [0.05, 0.1) is 22.5 Å². The van der Waals surface area contributed by atoms with Crippen LogP contribution in [0.5, 0.6) is 0 Å². The first-order chi connectivity index (χ1) is 16.5. The number of carboxylic acids is 2. The smallest absolute Gasteiger partial charge is 0.337 e. The molecule has 0 saturated heterocycles. The Morgan fingerprint density at radius 1 is 0.500 bits per heavy atom. The van der Waals surface area contributed by atoms with Crippen molar-refractivity contribution in [3.8, 4) is 0 Å². The van der Waals surface area contributed by atoms with E-state index in [9.17, 15) is 19.8 Å². The number of hydrogen-bond donors (Lipinski definition) is 4. The molecule has 0 spiro atoms. The predicted octanol–water partition coefficient (Wildman–Crippen LogP) is 6.88. The van der Waals surface area contributed by atoms with Crippen molar-refractivity contribution in [2.45, 2.75) is 0 Å². The number of anilines is 4. The highest BCUT2D eigenvalue weighted by Gasteiger charge is 2.20. The Hall–Kier alpha value is -4.84. The third-order valence-electron chi connectivity index (χ3n) is 5.74. The van der Waals surface area contributed by atoms with E-state index in [1.165, 1.54) is 12.1 Å². The SMILES string of the molecule is O=C(O)c1cc(Nc2cccc3ccccc23)c(C(=O)O)cc1Nc1cccc2ccccc12. The van der Waals surface area contributed by atoms with Gasteiger partial charge in [-0.05, 0) is 35.0 Å². The number of rotatable bonds is 6. The van der Waals surface area contributed by atoms with Gasteiger partial charge in [-0.15, -0.1) is 0 Å². The first kappa shape index (κ1) is 21.0. The lowest BCUT2D eigenvalue weighted by atomic mass is 10.0. The predicted molar refractivity (Wildman–Crippen MR) is 135 cm³/mol. The first-order valence-corrected chi connectivity index (χ1v) is 10.7. The van der Waals surface area contributed by atoms with Gasteiger partial charge in [0.25, 0.3) is 0 Å². The van der Waals surface area contributed by atoms with E-state index < -0.39 is 11.9 Å². The number of aromatic carboxylic acids is 2. The standard InChI is InChI=1S/C28H20N2O4/c31-27(32)21-16-26(30-24-14-6-10-18-8-2-4-12-20(18)24)22(28(33)34)15-25(21)29-23-13-5-9-17-7-1-3-11-19(17)23/h1-16,29-30H,(H,31,32)(H,33,34). The molecule has 6 heteroatoms. The van der Waals surface area contributed by atoms with Crippen molar-refractivity contribution in [2.75, 3.05) is 10.6 Å². The van der Waals surface area contributed by atoms with Gasteiger partial charge in [0.15, 0.2) is 0 Å². The maximum Gasteiger partial charge on any atom is 0.337 e. The van der Waals surface area contributed by atoms with E-state index in [2.05, 4.69) is 10.6 Å². The molecule has 0 bridgehead atoms. The highest BCUT2D eigenvalue weighted by molar-refractivity contribution is 6.06. The van der Waals surface area contributed by atoms with E-state index >= 15 is 0 Å². The van der Waals surface area contributed by atoms with Crippen LogP contribution >= 0.6 is 0 Å². The average Bonchev–Trinajstić information content (AvgIpc) is 2.85. The molecule has 0 atom stereocenters. The molecule has 0 aliphatic carbocycles. The zero-order chi connectivity index (χ0) is 23.7. The van der Waals surface area contributed by atoms with Gasteiger partial charge in [0.1, 0.15) is 0 Å². The molecule has 5 aromatic rings. The summed E-state index contributed by atoms with van der Waals surface area (Å²) in [7, 11) is 0. The minimum absolute atomic E-state index is 0.0410. The topological polar surface area (TPSA) is 98.7 Å². The van der Waals surface area contributed by atoms with Crippen LogP contribution in [-0.2, 0) is 0 Å². The fraction of sp³-hybridized carbons (Fsp3) is 0. The average molecular weight is 448 g/mol. The summed E-state index contributed by atoms with van der Waals surface area (Å²) in [6, 6.07) is 29.4. The van der Waals surface area contributed by atoms with E-state index in [0.29, 0.717) is 11.4 Å².